The molecular weight excluding hydrogens is 322 g/mol. The van der Waals surface area contributed by atoms with Gasteiger partial charge in [0, 0.05) is 0 Å². The van der Waals surface area contributed by atoms with E-state index in [1.54, 1.807) is 0 Å². The summed E-state index contributed by atoms with van der Waals surface area (Å²) in [5.41, 5.74) is -4.42. The van der Waals surface area contributed by atoms with Gasteiger partial charge in [-0.05, 0) is 23.3 Å². The fourth-order valence-corrected chi connectivity index (χ4v) is 1.90. The lowest BCUT2D eigenvalue weighted by Gasteiger charge is -2.18. The second-order valence-electron chi connectivity index (χ2n) is 4.31. The standard InChI is InChI=1S/C12H8F6O4/c13-11(14,15)3-7-5(9(19)20)1-2-6(10(21)22)8(7)4-12(16,17)18/h1-2H,3-4H2,(H,19,20)(H,21,22). The zero-order valence-electron chi connectivity index (χ0n) is 10.5. The third-order valence-corrected chi connectivity index (χ3v) is 2.65. The van der Waals surface area contributed by atoms with Gasteiger partial charge >= 0.3 is 24.3 Å². The first-order valence-electron chi connectivity index (χ1n) is 5.56. The van der Waals surface area contributed by atoms with E-state index in [-0.39, 0.29) is 0 Å². The van der Waals surface area contributed by atoms with Gasteiger partial charge in [0.1, 0.15) is 0 Å². The molecule has 0 unspecified atom stereocenters. The number of carboxylic acid groups (broad SMARTS) is 2. The quantitative estimate of drug-likeness (QED) is 0.831. The minimum atomic E-state index is -5.00. The molecular formula is C12H8F6O4. The average Bonchev–Trinajstić information content (AvgIpc) is 2.26. The van der Waals surface area contributed by atoms with Crippen LogP contribution in [-0.4, -0.2) is 34.5 Å². The fraction of sp³-hybridized carbons (Fsp3) is 0.333. The van der Waals surface area contributed by atoms with Crippen molar-refractivity contribution in [1.29, 1.82) is 0 Å². The van der Waals surface area contributed by atoms with Gasteiger partial charge in [0.25, 0.3) is 0 Å². The van der Waals surface area contributed by atoms with Crippen LogP contribution in [0.3, 0.4) is 0 Å². The molecule has 0 aromatic heterocycles. The van der Waals surface area contributed by atoms with Crippen molar-refractivity contribution in [2.45, 2.75) is 25.2 Å². The molecule has 10 heteroatoms. The molecule has 0 fully saturated rings. The third-order valence-electron chi connectivity index (χ3n) is 2.65. The summed E-state index contributed by atoms with van der Waals surface area (Å²) in [5.74, 6) is -3.75. The van der Waals surface area contributed by atoms with Crippen LogP contribution >= 0.6 is 0 Å². The second kappa shape index (κ2) is 5.85. The predicted molar refractivity (Wildman–Crippen MR) is 59.9 cm³/mol. The van der Waals surface area contributed by atoms with E-state index in [1.807, 2.05) is 0 Å². The van der Waals surface area contributed by atoms with Gasteiger partial charge in [-0.25, -0.2) is 9.59 Å². The summed E-state index contributed by atoms with van der Waals surface area (Å²) < 4.78 is 75.1. The summed E-state index contributed by atoms with van der Waals surface area (Å²) in [6.07, 6.45) is -13.9. The number of hydrogen-bond acceptors (Lipinski definition) is 2. The average molecular weight is 330 g/mol. The number of halogens is 6. The molecule has 0 radical (unpaired) electrons. The molecule has 0 aliphatic carbocycles. The Bertz CT molecular complexity index is 550. The van der Waals surface area contributed by atoms with Gasteiger partial charge in [-0.3, -0.25) is 0 Å². The molecule has 1 aromatic carbocycles. The first-order valence-corrected chi connectivity index (χ1v) is 5.56. The van der Waals surface area contributed by atoms with E-state index in [1.165, 1.54) is 0 Å². The van der Waals surface area contributed by atoms with E-state index in [0.29, 0.717) is 12.1 Å². The summed E-state index contributed by atoms with van der Waals surface area (Å²) >= 11 is 0. The van der Waals surface area contributed by atoms with Crippen molar-refractivity contribution in [2.24, 2.45) is 0 Å². The predicted octanol–water partition coefficient (Wildman–Crippen LogP) is 3.29. The molecule has 2 N–H and O–H groups in total. The minimum absolute atomic E-state index is 0.548. The highest BCUT2D eigenvalue weighted by Crippen LogP contribution is 2.32. The first-order chi connectivity index (χ1) is 9.82. The van der Waals surface area contributed by atoms with Crippen LogP contribution in [0.5, 0.6) is 0 Å². The molecule has 0 bridgehead atoms. The Morgan fingerprint density at radius 3 is 1.23 bits per heavy atom. The molecule has 0 aliphatic rings. The molecule has 0 saturated heterocycles. The third kappa shape index (κ3) is 4.64. The number of carboxylic acids is 2. The lowest BCUT2D eigenvalue weighted by atomic mass is 9.91. The highest BCUT2D eigenvalue weighted by atomic mass is 19.4. The van der Waals surface area contributed by atoms with Gasteiger partial charge in [-0.1, -0.05) is 0 Å². The number of aromatic carboxylic acids is 2. The maximum Gasteiger partial charge on any atom is 0.393 e. The summed E-state index contributed by atoms with van der Waals surface area (Å²) in [5, 5.41) is 17.6. The fourth-order valence-electron chi connectivity index (χ4n) is 1.90. The van der Waals surface area contributed by atoms with Crippen LogP contribution in [0.4, 0.5) is 26.3 Å². The molecule has 1 aromatic rings. The first kappa shape index (κ1) is 17.8. The number of hydrogen-bond donors (Lipinski definition) is 2. The Kier molecular flexibility index (Phi) is 4.73. The van der Waals surface area contributed by atoms with Crippen molar-refractivity contribution >= 4 is 11.9 Å². The molecule has 4 nitrogen and oxygen atoms in total. The Balaban J connectivity index is 3.65. The number of benzene rings is 1. The van der Waals surface area contributed by atoms with Crippen LogP contribution in [0.15, 0.2) is 12.1 Å². The van der Waals surface area contributed by atoms with E-state index in [2.05, 4.69) is 0 Å². The van der Waals surface area contributed by atoms with Gasteiger partial charge in [-0.15, -0.1) is 0 Å². The highest BCUT2D eigenvalue weighted by Gasteiger charge is 2.37. The van der Waals surface area contributed by atoms with Crippen molar-refractivity contribution in [3.63, 3.8) is 0 Å². The van der Waals surface area contributed by atoms with Crippen LogP contribution in [0.25, 0.3) is 0 Å². The number of rotatable bonds is 4. The topological polar surface area (TPSA) is 74.6 Å². The Hall–Kier alpha value is -2.26. The largest absolute Gasteiger partial charge is 0.478 e. The van der Waals surface area contributed by atoms with Crippen molar-refractivity contribution < 1.29 is 46.1 Å². The van der Waals surface area contributed by atoms with Crippen molar-refractivity contribution in [2.75, 3.05) is 0 Å². The lowest BCUT2D eigenvalue weighted by molar-refractivity contribution is -0.132. The zero-order valence-corrected chi connectivity index (χ0v) is 10.5. The molecule has 22 heavy (non-hydrogen) atoms. The van der Waals surface area contributed by atoms with E-state index in [9.17, 15) is 35.9 Å². The van der Waals surface area contributed by atoms with Gasteiger partial charge in [-0.2, -0.15) is 26.3 Å². The maximum atomic E-state index is 12.5. The Morgan fingerprint density at radius 2 is 1.05 bits per heavy atom. The van der Waals surface area contributed by atoms with Crippen molar-refractivity contribution in [1.82, 2.24) is 0 Å². The van der Waals surface area contributed by atoms with Gasteiger partial charge < -0.3 is 10.2 Å². The van der Waals surface area contributed by atoms with Crippen LogP contribution in [0.1, 0.15) is 31.8 Å². The van der Waals surface area contributed by atoms with E-state index in [4.69, 9.17) is 10.2 Å². The minimum Gasteiger partial charge on any atom is -0.478 e. The second-order valence-corrected chi connectivity index (χ2v) is 4.31. The van der Waals surface area contributed by atoms with Crippen LogP contribution < -0.4 is 0 Å². The molecule has 122 valence electrons. The molecule has 1 rings (SSSR count). The van der Waals surface area contributed by atoms with Crippen molar-refractivity contribution in [3.05, 3.63) is 34.4 Å². The van der Waals surface area contributed by atoms with Crippen LogP contribution in [0, 0.1) is 0 Å². The molecule has 0 amide bonds. The van der Waals surface area contributed by atoms with E-state index in [0.717, 1.165) is 0 Å². The van der Waals surface area contributed by atoms with E-state index >= 15 is 0 Å². The molecule has 0 spiro atoms. The summed E-state index contributed by atoms with van der Waals surface area (Å²) in [7, 11) is 0. The smallest absolute Gasteiger partial charge is 0.393 e. The van der Waals surface area contributed by atoms with Crippen LogP contribution in [0.2, 0.25) is 0 Å². The van der Waals surface area contributed by atoms with Gasteiger partial charge in [0.15, 0.2) is 0 Å². The molecule has 0 aliphatic heterocycles. The molecule has 0 saturated carbocycles. The molecule has 0 atom stereocenters. The van der Waals surface area contributed by atoms with Crippen molar-refractivity contribution in [3.8, 4) is 0 Å². The SMILES string of the molecule is O=C(O)c1ccc(C(=O)O)c(CC(F)(F)F)c1CC(F)(F)F. The Morgan fingerprint density at radius 1 is 0.773 bits per heavy atom. The molecule has 0 heterocycles. The van der Waals surface area contributed by atoms with Gasteiger partial charge in [0.2, 0.25) is 0 Å². The van der Waals surface area contributed by atoms with Gasteiger partial charge in [0.05, 0.1) is 24.0 Å². The monoisotopic (exact) mass is 330 g/mol. The van der Waals surface area contributed by atoms with Crippen LogP contribution in [-0.2, 0) is 12.8 Å². The zero-order chi connectivity index (χ0) is 17.3. The number of alkyl halides is 6. The summed E-state index contributed by atoms with van der Waals surface area (Å²) in [4.78, 5) is 21.8. The number of carbonyl (C=O) groups is 2. The summed E-state index contributed by atoms with van der Waals surface area (Å²) in [6, 6.07) is 1.10. The summed E-state index contributed by atoms with van der Waals surface area (Å²) in [6.45, 7) is 0. The Labute approximate surface area is 119 Å². The highest BCUT2D eigenvalue weighted by molar-refractivity contribution is 5.95. The normalized spacial score (nSPS) is 12.3. The maximum absolute atomic E-state index is 12.5. The van der Waals surface area contributed by atoms with E-state index < -0.39 is 59.4 Å². The lowest BCUT2D eigenvalue weighted by Crippen LogP contribution is -2.23.